The molecule has 0 aromatic heterocycles. The van der Waals surface area contributed by atoms with Crippen molar-refractivity contribution in [3.05, 3.63) is 71.3 Å². The number of carbonyl (C=O) groups is 1. The maximum absolute atomic E-state index is 10.8. The van der Waals surface area contributed by atoms with Gasteiger partial charge in [0.1, 0.15) is 0 Å². The fourth-order valence-corrected chi connectivity index (χ4v) is 2.00. The molecular weight excluding hydrogens is 244 g/mol. The highest BCUT2D eigenvalue weighted by atomic mass is 16.5. The molecule has 0 radical (unpaired) electrons. The molecule has 19 heavy (non-hydrogen) atoms. The number of aliphatic hydroxyl groups is 2. The zero-order chi connectivity index (χ0) is 13.9. The van der Waals surface area contributed by atoms with E-state index in [0.29, 0.717) is 11.1 Å². The first kappa shape index (κ1) is 13.3. The van der Waals surface area contributed by atoms with E-state index in [1.165, 1.54) is 6.07 Å². The predicted octanol–water partition coefficient (Wildman–Crippen LogP) is 1.50. The summed E-state index contributed by atoms with van der Waals surface area (Å²) in [5.41, 5.74) is 0.861. The van der Waals surface area contributed by atoms with Gasteiger partial charge in [-0.15, -0.1) is 0 Å². The quantitative estimate of drug-likeness (QED) is 0.726. The molecule has 0 aliphatic rings. The predicted molar refractivity (Wildman–Crippen MR) is 69.4 cm³/mol. The van der Waals surface area contributed by atoms with Crippen LogP contribution in [0.1, 0.15) is 16.7 Å². The van der Waals surface area contributed by atoms with Crippen molar-refractivity contribution in [2.24, 2.45) is 0 Å². The third kappa shape index (κ3) is 2.81. The van der Waals surface area contributed by atoms with Crippen LogP contribution >= 0.6 is 0 Å². The smallest absolute Gasteiger partial charge is 0.307 e. The van der Waals surface area contributed by atoms with E-state index in [4.69, 9.17) is 5.11 Å². The second kappa shape index (κ2) is 5.22. The zero-order valence-electron chi connectivity index (χ0n) is 10.2. The molecule has 0 amide bonds. The Morgan fingerprint density at radius 2 is 1.53 bits per heavy atom. The normalized spacial score (nSPS) is 11.3. The molecule has 0 bridgehead atoms. The molecule has 0 saturated heterocycles. The average molecular weight is 258 g/mol. The van der Waals surface area contributed by atoms with E-state index >= 15 is 0 Å². The number of carboxylic acids is 1. The number of benzene rings is 2. The van der Waals surface area contributed by atoms with E-state index in [9.17, 15) is 15.0 Å². The van der Waals surface area contributed by atoms with Crippen LogP contribution in [-0.4, -0.2) is 21.3 Å². The monoisotopic (exact) mass is 258 g/mol. The maximum atomic E-state index is 10.8. The topological polar surface area (TPSA) is 77.8 Å². The van der Waals surface area contributed by atoms with E-state index in [1.807, 2.05) is 0 Å². The van der Waals surface area contributed by atoms with Gasteiger partial charge < -0.3 is 15.3 Å². The van der Waals surface area contributed by atoms with Crippen LogP contribution in [0.5, 0.6) is 0 Å². The van der Waals surface area contributed by atoms with Crippen LogP contribution in [0.2, 0.25) is 0 Å². The summed E-state index contributed by atoms with van der Waals surface area (Å²) in [5, 5.41) is 29.5. The van der Waals surface area contributed by atoms with Crippen LogP contribution in [0.25, 0.3) is 0 Å². The Hall–Kier alpha value is -2.17. The lowest BCUT2D eigenvalue weighted by Gasteiger charge is -2.25. The van der Waals surface area contributed by atoms with E-state index in [0.717, 1.165) is 0 Å². The molecule has 0 spiro atoms. The standard InChI is InChI=1S/C15H14O4/c16-14(17)10-11-6-4-5-9-13(11)15(18,19)12-7-2-1-3-8-12/h1-9,18-19H,10H2,(H,16,17). The van der Waals surface area contributed by atoms with Gasteiger partial charge in [0, 0.05) is 11.1 Å². The first-order valence-corrected chi connectivity index (χ1v) is 5.82. The van der Waals surface area contributed by atoms with Gasteiger partial charge in [-0.1, -0.05) is 54.6 Å². The Morgan fingerprint density at radius 3 is 2.16 bits per heavy atom. The molecule has 0 aliphatic heterocycles. The van der Waals surface area contributed by atoms with Crippen LogP contribution in [0.3, 0.4) is 0 Å². The molecule has 2 rings (SSSR count). The minimum absolute atomic E-state index is 0.184. The highest BCUT2D eigenvalue weighted by Gasteiger charge is 2.30. The summed E-state index contributed by atoms with van der Waals surface area (Å²) < 4.78 is 0. The van der Waals surface area contributed by atoms with Gasteiger partial charge in [0.05, 0.1) is 6.42 Å². The van der Waals surface area contributed by atoms with Crippen molar-refractivity contribution >= 4 is 5.97 Å². The summed E-state index contributed by atoms with van der Waals surface area (Å²) in [7, 11) is 0. The zero-order valence-corrected chi connectivity index (χ0v) is 10.2. The first-order valence-electron chi connectivity index (χ1n) is 5.82. The molecule has 4 heteroatoms. The van der Waals surface area contributed by atoms with E-state index < -0.39 is 11.8 Å². The summed E-state index contributed by atoms with van der Waals surface area (Å²) >= 11 is 0. The van der Waals surface area contributed by atoms with Crippen molar-refractivity contribution in [1.29, 1.82) is 0 Å². The molecular formula is C15H14O4. The number of hydrogen-bond donors (Lipinski definition) is 3. The molecule has 0 saturated carbocycles. The Labute approximate surface area is 110 Å². The van der Waals surface area contributed by atoms with Gasteiger partial charge in [0.15, 0.2) is 0 Å². The van der Waals surface area contributed by atoms with Gasteiger partial charge in [-0.2, -0.15) is 0 Å². The summed E-state index contributed by atoms with van der Waals surface area (Å²) in [6.07, 6.45) is -0.258. The van der Waals surface area contributed by atoms with Crippen LogP contribution in [-0.2, 0) is 17.0 Å². The molecule has 98 valence electrons. The highest BCUT2D eigenvalue weighted by Crippen LogP contribution is 2.29. The average Bonchev–Trinajstić information content (AvgIpc) is 2.39. The molecule has 0 unspecified atom stereocenters. The molecule has 0 heterocycles. The largest absolute Gasteiger partial charge is 0.481 e. The van der Waals surface area contributed by atoms with Gasteiger partial charge in [0.25, 0.3) is 0 Å². The third-order valence-electron chi connectivity index (χ3n) is 2.91. The lowest BCUT2D eigenvalue weighted by molar-refractivity contribution is -0.137. The van der Waals surface area contributed by atoms with Crippen molar-refractivity contribution in [2.45, 2.75) is 12.2 Å². The van der Waals surface area contributed by atoms with E-state index in [-0.39, 0.29) is 12.0 Å². The van der Waals surface area contributed by atoms with Gasteiger partial charge in [-0.05, 0) is 5.56 Å². The van der Waals surface area contributed by atoms with E-state index in [2.05, 4.69) is 0 Å². The second-order valence-electron chi connectivity index (χ2n) is 4.27. The van der Waals surface area contributed by atoms with Crippen LogP contribution in [0.15, 0.2) is 54.6 Å². The Kier molecular flexibility index (Phi) is 3.64. The van der Waals surface area contributed by atoms with Crippen molar-refractivity contribution in [3.63, 3.8) is 0 Å². The van der Waals surface area contributed by atoms with Gasteiger partial charge in [-0.3, -0.25) is 4.79 Å². The Morgan fingerprint density at radius 1 is 0.947 bits per heavy atom. The number of hydrogen-bond acceptors (Lipinski definition) is 3. The minimum Gasteiger partial charge on any atom is -0.481 e. The van der Waals surface area contributed by atoms with Gasteiger partial charge in [0.2, 0.25) is 5.79 Å². The van der Waals surface area contributed by atoms with Crippen molar-refractivity contribution < 1.29 is 20.1 Å². The fraction of sp³-hybridized carbons (Fsp3) is 0.133. The fourth-order valence-electron chi connectivity index (χ4n) is 2.00. The molecule has 0 fully saturated rings. The third-order valence-corrected chi connectivity index (χ3v) is 2.91. The molecule has 3 N–H and O–H groups in total. The summed E-state index contributed by atoms with van der Waals surface area (Å²) in [6, 6.07) is 14.7. The number of rotatable bonds is 4. The number of carboxylic acid groups (broad SMARTS) is 1. The van der Waals surface area contributed by atoms with Gasteiger partial charge >= 0.3 is 5.97 Å². The molecule has 2 aromatic carbocycles. The van der Waals surface area contributed by atoms with Crippen molar-refractivity contribution in [3.8, 4) is 0 Å². The summed E-state index contributed by atoms with van der Waals surface area (Å²) in [5.74, 6) is -3.22. The van der Waals surface area contributed by atoms with Crippen molar-refractivity contribution in [1.82, 2.24) is 0 Å². The van der Waals surface area contributed by atoms with Gasteiger partial charge in [-0.25, -0.2) is 0 Å². The van der Waals surface area contributed by atoms with Crippen LogP contribution < -0.4 is 0 Å². The van der Waals surface area contributed by atoms with Crippen LogP contribution in [0, 0.1) is 0 Å². The van der Waals surface area contributed by atoms with Crippen molar-refractivity contribution in [2.75, 3.05) is 0 Å². The Balaban J connectivity index is 2.49. The molecule has 2 aromatic rings. The molecule has 4 nitrogen and oxygen atoms in total. The lowest BCUT2D eigenvalue weighted by Crippen LogP contribution is -2.28. The maximum Gasteiger partial charge on any atom is 0.307 e. The SMILES string of the molecule is O=C(O)Cc1ccccc1C(O)(O)c1ccccc1. The first-order chi connectivity index (χ1) is 9.01. The summed E-state index contributed by atoms with van der Waals surface area (Å²) in [6.45, 7) is 0. The minimum atomic E-state index is -2.20. The van der Waals surface area contributed by atoms with Crippen LogP contribution in [0.4, 0.5) is 0 Å². The summed E-state index contributed by atoms with van der Waals surface area (Å²) in [4.78, 5) is 10.8. The highest BCUT2D eigenvalue weighted by molar-refractivity contribution is 5.71. The Bertz CT molecular complexity index is 576. The second-order valence-corrected chi connectivity index (χ2v) is 4.27. The molecule has 0 atom stereocenters. The number of aliphatic carboxylic acids is 1. The lowest BCUT2D eigenvalue weighted by atomic mass is 9.92. The van der Waals surface area contributed by atoms with E-state index in [1.54, 1.807) is 48.5 Å². The molecule has 0 aliphatic carbocycles.